The van der Waals surface area contributed by atoms with Crippen molar-refractivity contribution < 1.29 is 4.79 Å². The molecule has 1 saturated carbocycles. The highest BCUT2D eigenvalue weighted by molar-refractivity contribution is 7.80. The van der Waals surface area contributed by atoms with E-state index in [9.17, 15) is 4.79 Å². The van der Waals surface area contributed by atoms with Gasteiger partial charge >= 0.3 is 0 Å². The number of rotatable bonds is 6. The Bertz CT molecular complexity index is 496. The molecule has 2 rings (SSSR count). The number of nitrogens with two attached hydrogens (primary N) is 1. The lowest BCUT2D eigenvalue weighted by Gasteiger charge is -2.31. The predicted octanol–water partition coefficient (Wildman–Crippen LogP) is 2.75. The molecule has 0 bridgehead atoms. The molecule has 0 spiro atoms. The Morgan fingerprint density at radius 2 is 1.95 bits per heavy atom. The first-order chi connectivity index (χ1) is 9.54. The van der Waals surface area contributed by atoms with Gasteiger partial charge in [0.25, 0.3) is 0 Å². The Labute approximate surface area is 125 Å². The molecular formula is C16H22N2OS. The first-order valence-electron chi connectivity index (χ1n) is 7.21. The molecule has 1 aromatic carbocycles. The Balaban J connectivity index is 2.02. The summed E-state index contributed by atoms with van der Waals surface area (Å²) in [6, 6.07) is 10.2. The molecule has 1 aromatic rings. The molecule has 3 N–H and O–H groups in total. The van der Waals surface area contributed by atoms with Crippen molar-refractivity contribution in [2.45, 2.75) is 44.6 Å². The summed E-state index contributed by atoms with van der Waals surface area (Å²) < 4.78 is 0. The van der Waals surface area contributed by atoms with Gasteiger partial charge in [0.05, 0.1) is 10.5 Å². The minimum Gasteiger partial charge on any atom is -0.391 e. The molecule has 0 radical (unpaired) electrons. The zero-order chi connectivity index (χ0) is 14.8. The molecule has 4 heteroatoms. The molecule has 1 fully saturated rings. The molecule has 0 aromatic heterocycles. The van der Waals surface area contributed by atoms with E-state index in [4.69, 9.17) is 18.0 Å². The lowest BCUT2D eigenvalue weighted by Crippen LogP contribution is -2.56. The molecule has 2 atom stereocenters. The fraction of sp³-hybridized carbons (Fsp3) is 0.500. The minimum absolute atomic E-state index is 0.0595. The zero-order valence-electron chi connectivity index (χ0n) is 12.1. The van der Waals surface area contributed by atoms with Crippen LogP contribution in [0, 0.1) is 5.92 Å². The SMILES string of the molecule is CCC(CC)(NC(=O)C1CC1c1ccccc1)C(N)=S. The van der Waals surface area contributed by atoms with Gasteiger partial charge in [0.15, 0.2) is 0 Å². The van der Waals surface area contributed by atoms with Crippen molar-refractivity contribution in [2.24, 2.45) is 11.7 Å². The van der Waals surface area contributed by atoms with E-state index < -0.39 is 5.54 Å². The highest BCUT2D eigenvalue weighted by atomic mass is 32.1. The number of hydrogen-bond acceptors (Lipinski definition) is 2. The second-order valence-electron chi connectivity index (χ2n) is 5.50. The summed E-state index contributed by atoms with van der Waals surface area (Å²) >= 11 is 5.14. The van der Waals surface area contributed by atoms with Crippen LogP contribution < -0.4 is 11.1 Å². The third-order valence-corrected chi connectivity index (χ3v) is 4.79. The number of benzene rings is 1. The van der Waals surface area contributed by atoms with E-state index in [-0.39, 0.29) is 11.8 Å². The van der Waals surface area contributed by atoms with Crippen LogP contribution in [0.1, 0.15) is 44.6 Å². The Morgan fingerprint density at radius 1 is 1.35 bits per heavy atom. The fourth-order valence-corrected chi connectivity index (χ4v) is 3.06. The first kappa shape index (κ1) is 15.0. The van der Waals surface area contributed by atoms with Crippen LogP contribution in [0.25, 0.3) is 0 Å². The van der Waals surface area contributed by atoms with E-state index in [0.29, 0.717) is 10.9 Å². The number of thiocarbonyl (C=S) groups is 1. The fourth-order valence-electron chi connectivity index (χ4n) is 2.72. The molecule has 20 heavy (non-hydrogen) atoms. The molecule has 0 aliphatic heterocycles. The summed E-state index contributed by atoms with van der Waals surface area (Å²) in [7, 11) is 0. The van der Waals surface area contributed by atoms with E-state index in [1.807, 2.05) is 32.0 Å². The maximum Gasteiger partial charge on any atom is 0.224 e. The number of carbonyl (C=O) groups excluding carboxylic acids is 1. The highest BCUT2D eigenvalue weighted by Crippen LogP contribution is 2.47. The molecule has 0 saturated heterocycles. The molecule has 1 aliphatic rings. The summed E-state index contributed by atoms with van der Waals surface area (Å²) in [5.74, 6) is 0.480. The largest absolute Gasteiger partial charge is 0.391 e. The van der Waals surface area contributed by atoms with Crippen LogP contribution in [-0.2, 0) is 4.79 Å². The van der Waals surface area contributed by atoms with E-state index in [2.05, 4.69) is 17.4 Å². The average Bonchev–Trinajstić information content (AvgIpc) is 3.26. The van der Waals surface area contributed by atoms with Crippen molar-refractivity contribution in [3.63, 3.8) is 0 Å². The Morgan fingerprint density at radius 3 is 2.45 bits per heavy atom. The van der Waals surface area contributed by atoms with E-state index in [1.54, 1.807) is 0 Å². The summed E-state index contributed by atoms with van der Waals surface area (Å²) in [5.41, 5.74) is 6.53. The van der Waals surface area contributed by atoms with Crippen LogP contribution in [-0.4, -0.2) is 16.4 Å². The standard InChI is InChI=1S/C16H22N2OS/c1-3-16(4-2,15(17)20)18-14(19)13-10-12(13)11-8-6-5-7-9-11/h5-9,12-13H,3-4,10H2,1-2H3,(H2,17,20)(H,18,19). The predicted molar refractivity (Wildman–Crippen MR) is 85.5 cm³/mol. The van der Waals surface area contributed by atoms with Crippen LogP contribution in [0.5, 0.6) is 0 Å². The van der Waals surface area contributed by atoms with Crippen molar-refractivity contribution in [1.29, 1.82) is 0 Å². The Kier molecular flexibility index (Phi) is 4.43. The van der Waals surface area contributed by atoms with Gasteiger partial charge in [-0.2, -0.15) is 0 Å². The maximum absolute atomic E-state index is 12.4. The van der Waals surface area contributed by atoms with Gasteiger partial charge in [-0.3, -0.25) is 4.79 Å². The van der Waals surface area contributed by atoms with Crippen LogP contribution in [0.15, 0.2) is 30.3 Å². The van der Waals surface area contributed by atoms with Gasteiger partial charge in [0.2, 0.25) is 5.91 Å². The molecule has 108 valence electrons. The zero-order valence-corrected chi connectivity index (χ0v) is 12.9. The summed E-state index contributed by atoms with van der Waals surface area (Å²) in [6.45, 7) is 4.01. The summed E-state index contributed by atoms with van der Waals surface area (Å²) in [6.07, 6.45) is 2.37. The highest BCUT2D eigenvalue weighted by Gasteiger charge is 2.46. The summed E-state index contributed by atoms with van der Waals surface area (Å²) in [4.78, 5) is 12.8. The van der Waals surface area contributed by atoms with Gasteiger partial charge in [-0.25, -0.2) is 0 Å². The normalized spacial score (nSPS) is 21.3. The van der Waals surface area contributed by atoms with Crippen molar-refractivity contribution in [2.75, 3.05) is 0 Å². The minimum atomic E-state index is -0.532. The lowest BCUT2D eigenvalue weighted by molar-refractivity contribution is -0.123. The number of hydrogen-bond donors (Lipinski definition) is 2. The van der Waals surface area contributed by atoms with Gasteiger partial charge < -0.3 is 11.1 Å². The van der Waals surface area contributed by atoms with Gasteiger partial charge in [-0.1, -0.05) is 56.4 Å². The van der Waals surface area contributed by atoms with Gasteiger partial charge in [0, 0.05) is 5.92 Å². The number of nitrogens with one attached hydrogen (secondary N) is 1. The van der Waals surface area contributed by atoms with Gasteiger partial charge in [-0.15, -0.1) is 0 Å². The molecule has 2 unspecified atom stereocenters. The lowest BCUT2D eigenvalue weighted by atomic mass is 9.92. The quantitative estimate of drug-likeness (QED) is 0.792. The van der Waals surface area contributed by atoms with Crippen molar-refractivity contribution in [3.8, 4) is 0 Å². The van der Waals surface area contributed by atoms with Gasteiger partial charge in [0.1, 0.15) is 0 Å². The van der Waals surface area contributed by atoms with Gasteiger partial charge in [-0.05, 0) is 30.7 Å². The first-order valence-corrected chi connectivity index (χ1v) is 7.61. The van der Waals surface area contributed by atoms with E-state index in [0.717, 1.165) is 19.3 Å². The van der Waals surface area contributed by atoms with Crippen molar-refractivity contribution in [3.05, 3.63) is 35.9 Å². The van der Waals surface area contributed by atoms with Crippen molar-refractivity contribution >= 4 is 23.1 Å². The van der Waals surface area contributed by atoms with Crippen LogP contribution in [0.3, 0.4) is 0 Å². The Hall–Kier alpha value is -1.42. The third-order valence-electron chi connectivity index (χ3n) is 4.40. The molecule has 0 heterocycles. The smallest absolute Gasteiger partial charge is 0.224 e. The average molecular weight is 290 g/mol. The van der Waals surface area contributed by atoms with E-state index >= 15 is 0 Å². The maximum atomic E-state index is 12.4. The second kappa shape index (κ2) is 5.92. The van der Waals surface area contributed by atoms with Crippen LogP contribution >= 0.6 is 12.2 Å². The molecule has 1 aliphatic carbocycles. The number of carbonyl (C=O) groups is 1. The van der Waals surface area contributed by atoms with Crippen LogP contribution in [0.2, 0.25) is 0 Å². The second-order valence-corrected chi connectivity index (χ2v) is 5.94. The monoisotopic (exact) mass is 290 g/mol. The topological polar surface area (TPSA) is 55.1 Å². The van der Waals surface area contributed by atoms with Crippen LogP contribution in [0.4, 0.5) is 0 Å². The summed E-state index contributed by atoms with van der Waals surface area (Å²) in [5, 5.41) is 3.09. The van der Waals surface area contributed by atoms with Crippen molar-refractivity contribution in [1.82, 2.24) is 5.32 Å². The number of amides is 1. The van der Waals surface area contributed by atoms with E-state index in [1.165, 1.54) is 5.56 Å². The molecule has 1 amide bonds. The molecular weight excluding hydrogens is 268 g/mol. The molecule has 3 nitrogen and oxygen atoms in total. The third kappa shape index (κ3) is 2.85.